The number of aromatic nitrogens is 2. The van der Waals surface area contributed by atoms with Crippen molar-refractivity contribution in [3.63, 3.8) is 0 Å². The number of aromatic amines is 1. The molecule has 0 saturated carbocycles. The molecule has 0 aliphatic heterocycles. The Balaban J connectivity index is 2.03. The van der Waals surface area contributed by atoms with Gasteiger partial charge in [0.15, 0.2) is 0 Å². The van der Waals surface area contributed by atoms with Gasteiger partial charge in [-0.1, -0.05) is 6.58 Å². The third kappa shape index (κ3) is 3.22. The molecule has 5 heteroatoms. The van der Waals surface area contributed by atoms with Gasteiger partial charge < -0.3 is 15.4 Å². The maximum Gasteiger partial charge on any atom is 0.251 e. The van der Waals surface area contributed by atoms with Gasteiger partial charge in [0.05, 0.1) is 23.1 Å². The van der Waals surface area contributed by atoms with Gasteiger partial charge in [0.25, 0.3) is 5.91 Å². The Bertz CT molecular complexity index is 652. The predicted octanol–water partition coefficient (Wildman–Crippen LogP) is 2.31. The molecule has 1 aromatic heterocycles. The van der Waals surface area contributed by atoms with Crippen LogP contribution in [0.15, 0.2) is 48.5 Å². The zero-order chi connectivity index (χ0) is 13.8. The number of hydrogen-bond donors (Lipinski definition) is 3. The number of H-pyrrole nitrogens is 1. The quantitative estimate of drug-likeness (QED) is 0.581. The van der Waals surface area contributed by atoms with Crippen LogP contribution in [0, 0.1) is 0 Å². The van der Waals surface area contributed by atoms with E-state index in [1.807, 2.05) is 0 Å². The van der Waals surface area contributed by atoms with Crippen LogP contribution in [0.5, 0.6) is 0 Å². The largest absolute Gasteiger partial charge is 0.513 e. The summed E-state index contributed by atoms with van der Waals surface area (Å²) in [6, 6.07) is 5.25. The molecule has 0 saturated heterocycles. The second kappa shape index (κ2) is 5.39. The molecule has 0 radical (unpaired) electrons. The average molecular weight is 257 g/mol. The van der Waals surface area contributed by atoms with E-state index in [2.05, 4.69) is 21.9 Å². The Morgan fingerprint density at radius 2 is 2.37 bits per heavy atom. The molecule has 0 aliphatic rings. The second-order valence-corrected chi connectivity index (χ2v) is 4.26. The van der Waals surface area contributed by atoms with Crippen LogP contribution in [0.25, 0.3) is 11.0 Å². The van der Waals surface area contributed by atoms with Gasteiger partial charge in [-0.05, 0) is 36.8 Å². The summed E-state index contributed by atoms with van der Waals surface area (Å²) in [5.41, 5.74) is 2.82. The molecule has 0 spiro atoms. The maximum atomic E-state index is 11.9. The van der Waals surface area contributed by atoms with Crippen molar-refractivity contribution < 1.29 is 9.90 Å². The van der Waals surface area contributed by atoms with E-state index in [0.717, 1.165) is 11.0 Å². The van der Waals surface area contributed by atoms with Gasteiger partial charge in [-0.3, -0.25) is 4.79 Å². The number of carbonyl (C=O) groups excluding carboxylic acids is 1. The minimum Gasteiger partial charge on any atom is -0.513 e. The van der Waals surface area contributed by atoms with E-state index in [0.29, 0.717) is 11.1 Å². The summed E-state index contributed by atoms with van der Waals surface area (Å²) in [6.45, 7) is 5.58. The van der Waals surface area contributed by atoms with E-state index < -0.39 is 0 Å². The normalized spacial score (nSPS) is 11.5. The average Bonchev–Trinajstić information content (AvgIpc) is 2.82. The zero-order valence-electron chi connectivity index (χ0n) is 10.6. The molecule has 19 heavy (non-hydrogen) atoms. The molecule has 2 aromatic rings. The van der Waals surface area contributed by atoms with Crippen LogP contribution in [0.1, 0.15) is 17.3 Å². The van der Waals surface area contributed by atoms with Crippen LogP contribution in [0.3, 0.4) is 0 Å². The highest BCUT2D eigenvalue weighted by Gasteiger charge is 2.07. The predicted molar refractivity (Wildman–Crippen MR) is 74.0 cm³/mol. The van der Waals surface area contributed by atoms with Crippen LogP contribution in [-0.4, -0.2) is 27.5 Å². The van der Waals surface area contributed by atoms with Crippen molar-refractivity contribution in [1.29, 1.82) is 0 Å². The third-order valence-corrected chi connectivity index (χ3v) is 2.57. The van der Waals surface area contributed by atoms with Crippen molar-refractivity contribution in [1.82, 2.24) is 15.3 Å². The molecular weight excluding hydrogens is 242 g/mol. The van der Waals surface area contributed by atoms with Gasteiger partial charge in [0.2, 0.25) is 0 Å². The van der Waals surface area contributed by atoms with Crippen LogP contribution >= 0.6 is 0 Å². The summed E-state index contributed by atoms with van der Waals surface area (Å²) in [5.74, 6) is -0.0280. The van der Waals surface area contributed by atoms with E-state index in [9.17, 15) is 4.79 Å². The number of allylic oxidation sites excluding steroid dienone is 1. The molecule has 1 heterocycles. The number of imidazole rings is 1. The fourth-order valence-electron chi connectivity index (χ4n) is 1.72. The van der Waals surface area contributed by atoms with E-state index >= 15 is 0 Å². The molecule has 1 amide bonds. The smallest absolute Gasteiger partial charge is 0.251 e. The van der Waals surface area contributed by atoms with Gasteiger partial charge in [-0.25, -0.2) is 4.98 Å². The summed E-state index contributed by atoms with van der Waals surface area (Å²) in [6.07, 6.45) is 3.10. The summed E-state index contributed by atoms with van der Waals surface area (Å²) in [5, 5.41) is 11.8. The first-order valence-corrected chi connectivity index (χ1v) is 5.82. The summed E-state index contributed by atoms with van der Waals surface area (Å²) < 4.78 is 0. The molecule has 5 nitrogen and oxygen atoms in total. The van der Waals surface area contributed by atoms with Crippen molar-refractivity contribution in [2.24, 2.45) is 0 Å². The summed E-state index contributed by atoms with van der Waals surface area (Å²) in [4.78, 5) is 19.0. The lowest BCUT2D eigenvalue weighted by Crippen LogP contribution is -2.25. The fourth-order valence-corrected chi connectivity index (χ4v) is 1.72. The lowest BCUT2D eigenvalue weighted by Gasteiger charge is -2.05. The van der Waals surface area contributed by atoms with Crippen LogP contribution < -0.4 is 5.32 Å². The molecule has 0 atom stereocenters. The first-order valence-electron chi connectivity index (χ1n) is 5.82. The number of nitrogens with zero attached hydrogens (tertiary/aromatic N) is 1. The highest BCUT2D eigenvalue weighted by atomic mass is 16.3. The van der Waals surface area contributed by atoms with Gasteiger partial charge in [0.1, 0.15) is 0 Å². The van der Waals surface area contributed by atoms with Gasteiger partial charge in [-0.15, -0.1) is 0 Å². The molecule has 1 aromatic carbocycles. The van der Waals surface area contributed by atoms with Crippen LogP contribution in [-0.2, 0) is 0 Å². The van der Waals surface area contributed by atoms with Crippen LogP contribution in [0.2, 0.25) is 0 Å². The SMILES string of the molecule is C=C(/C=C(\C)O)CNC(=O)c1ccc2nc[nH]c2c1. The number of aliphatic hydroxyl groups excluding tert-OH is 1. The number of aliphatic hydroxyl groups is 1. The van der Waals surface area contributed by atoms with E-state index in [1.165, 1.54) is 6.08 Å². The number of rotatable bonds is 4. The zero-order valence-corrected chi connectivity index (χ0v) is 10.6. The minimum absolute atomic E-state index is 0.165. The molecule has 0 bridgehead atoms. The Kier molecular flexibility index (Phi) is 3.66. The summed E-state index contributed by atoms with van der Waals surface area (Å²) >= 11 is 0. The second-order valence-electron chi connectivity index (χ2n) is 4.26. The van der Waals surface area contributed by atoms with Gasteiger partial charge >= 0.3 is 0 Å². The van der Waals surface area contributed by atoms with Gasteiger partial charge in [0, 0.05) is 12.1 Å². The Morgan fingerprint density at radius 3 is 3.11 bits per heavy atom. The molecule has 3 N–H and O–H groups in total. The molecule has 0 aliphatic carbocycles. The maximum absolute atomic E-state index is 11.9. The summed E-state index contributed by atoms with van der Waals surface area (Å²) in [7, 11) is 0. The monoisotopic (exact) mass is 257 g/mol. The highest BCUT2D eigenvalue weighted by molar-refractivity contribution is 5.97. The fraction of sp³-hybridized carbons (Fsp3) is 0.143. The number of hydrogen-bond acceptors (Lipinski definition) is 3. The molecule has 2 rings (SSSR count). The Hall–Kier alpha value is -2.56. The first kappa shape index (κ1) is 12.9. The van der Waals surface area contributed by atoms with Gasteiger partial charge in [-0.2, -0.15) is 0 Å². The van der Waals surface area contributed by atoms with Crippen molar-refractivity contribution >= 4 is 16.9 Å². The third-order valence-electron chi connectivity index (χ3n) is 2.57. The lowest BCUT2D eigenvalue weighted by atomic mass is 10.2. The van der Waals surface area contributed by atoms with E-state index in [4.69, 9.17) is 5.11 Å². The number of amides is 1. The van der Waals surface area contributed by atoms with Crippen molar-refractivity contribution in [2.75, 3.05) is 6.54 Å². The number of carbonyl (C=O) groups is 1. The topological polar surface area (TPSA) is 78.0 Å². The molecule has 0 unspecified atom stereocenters. The van der Waals surface area contributed by atoms with Crippen molar-refractivity contribution in [3.05, 3.63) is 54.1 Å². The van der Waals surface area contributed by atoms with E-state index in [1.54, 1.807) is 31.5 Å². The first-order chi connectivity index (χ1) is 9.06. The molecular formula is C14H15N3O2. The number of nitrogens with one attached hydrogen (secondary N) is 2. The molecule has 0 fully saturated rings. The van der Waals surface area contributed by atoms with Crippen molar-refractivity contribution in [3.8, 4) is 0 Å². The standard InChI is InChI=1S/C14H15N3O2/c1-9(5-10(2)18)7-15-14(19)11-3-4-12-13(6-11)17-8-16-12/h3-6,8,18H,1,7H2,2H3,(H,15,19)(H,16,17)/b10-5+. The van der Waals surface area contributed by atoms with Crippen LogP contribution in [0.4, 0.5) is 0 Å². The lowest BCUT2D eigenvalue weighted by molar-refractivity contribution is 0.0957. The Morgan fingerprint density at radius 1 is 1.58 bits per heavy atom. The minimum atomic E-state index is -0.193. The van der Waals surface area contributed by atoms with E-state index in [-0.39, 0.29) is 18.2 Å². The van der Waals surface area contributed by atoms with Crippen molar-refractivity contribution in [2.45, 2.75) is 6.92 Å². The number of fused-ring (bicyclic) bond motifs is 1. The Labute approximate surface area is 110 Å². The molecule has 98 valence electrons. The highest BCUT2D eigenvalue weighted by Crippen LogP contribution is 2.11. The number of benzene rings is 1.